The zero-order valence-corrected chi connectivity index (χ0v) is 7.57. The van der Waals surface area contributed by atoms with Crippen LogP contribution in [0.25, 0.3) is 0 Å². The van der Waals surface area contributed by atoms with Crippen molar-refractivity contribution < 1.29 is 14.7 Å². The van der Waals surface area contributed by atoms with E-state index in [0.29, 0.717) is 6.54 Å². The molecule has 0 atom stereocenters. The first-order chi connectivity index (χ1) is 5.49. The van der Waals surface area contributed by atoms with Gasteiger partial charge in [-0.3, -0.25) is 4.79 Å². The fraction of sp³-hybridized carbons (Fsp3) is 0.714. The molecule has 12 heavy (non-hydrogen) atoms. The number of carbonyl (C=O) groups excluding carboxylic acids is 1. The number of hydrogen-bond donors (Lipinski definition) is 1. The molecule has 2 amide bonds. The first kappa shape index (κ1) is 10.7. The molecule has 0 aliphatic heterocycles. The summed E-state index contributed by atoms with van der Waals surface area (Å²) in [6.07, 6.45) is 0. The summed E-state index contributed by atoms with van der Waals surface area (Å²) in [6, 6.07) is -0.278. The van der Waals surface area contributed by atoms with Crippen LogP contribution in [-0.2, 0) is 4.79 Å². The van der Waals surface area contributed by atoms with Gasteiger partial charge in [0, 0.05) is 20.6 Å². The minimum absolute atomic E-state index is 0.243. The van der Waals surface area contributed by atoms with Gasteiger partial charge in [-0.15, -0.1) is 0 Å². The van der Waals surface area contributed by atoms with Crippen LogP contribution in [0.3, 0.4) is 0 Å². The molecule has 0 aliphatic rings. The molecule has 0 fully saturated rings. The van der Waals surface area contributed by atoms with Crippen LogP contribution < -0.4 is 0 Å². The Morgan fingerprint density at radius 2 is 1.83 bits per heavy atom. The Balaban J connectivity index is 4.15. The smallest absolute Gasteiger partial charge is 0.323 e. The lowest BCUT2D eigenvalue weighted by Gasteiger charge is -2.22. The molecular formula is C7H14N2O3. The van der Waals surface area contributed by atoms with Gasteiger partial charge in [-0.25, -0.2) is 4.79 Å². The molecule has 5 heteroatoms. The van der Waals surface area contributed by atoms with Gasteiger partial charge in [-0.1, -0.05) is 0 Å². The van der Waals surface area contributed by atoms with Crippen LogP contribution in [0.15, 0.2) is 0 Å². The van der Waals surface area contributed by atoms with E-state index in [4.69, 9.17) is 5.11 Å². The minimum atomic E-state index is -0.993. The van der Waals surface area contributed by atoms with Crippen molar-refractivity contribution in [3.8, 4) is 0 Å². The fourth-order valence-electron chi connectivity index (χ4n) is 0.761. The zero-order chi connectivity index (χ0) is 9.72. The van der Waals surface area contributed by atoms with Gasteiger partial charge in [0.2, 0.25) is 0 Å². The van der Waals surface area contributed by atoms with Crippen molar-refractivity contribution in [1.29, 1.82) is 0 Å². The molecule has 0 aliphatic carbocycles. The standard InChI is InChI=1S/C7H14N2O3/c1-4-9(5-6(10)11)7(12)8(2)3/h4-5H2,1-3H3,(H,10,11). The van der Waals surface area contributed by atoms with Crippen molar-refractivity contribution >= 4 is 12.0 Å². The van der Waals surface area contributed by atoms with Gasteiger partial charge < -0.3 is 14.9 Å². The fourth-order valence-corrected chi connectivity index (χ4v) is 0.761. The number of carbonyl (C=O) groups is 2. The number of nitrogens with zero attached hydrogens (tertiary/aromatic N) is 2. The third-order valence-electron chi connectivity index (χ3n) is 1.36. The maximum absolute atomic E-state index is 11.2. The molecule has 0 saturated carbocycles. The molecule has 0 saturated heterocycles. The van der Waals surface area contributed by atoms with E-state index in [-0.39, 0.29) is 12.6 Å². The molecule has 0 heterocycles. The third-order valence-corrected chi connectivity index (χ3v) is 1.36. The number of carboxylic acids is 1. The highest BCUT2D eigenvalue weighted by Crippen LogP contribution is 1.93. The third kappa shape index (κ3) is 3.23. The Kier molecular flexibility index (Phi) is 4.10. The predicted molar refractivity (Wildman–Crippen MR) is 44.0 cm³/mol. The van der Waals surface area contributed by atoms with E-state index in [1.807, 2.05) is 0 Å². The summed E-state index contributed by atoms with van der Waals surface area (Å²) in [5.41, 5.74) is 0. The molecule has 70 valence electrons. The lowest BCUT2D eigenvalue weighted by Crippen LogP contribution is -2.41. The lowest BCUT2D eigenvalue weighted by molar-refractivity contribution is -0.137. The second kappa shape index (κ2) is 4.58. The van der Waals surface area contributed by atoms with Crippen LogP contribution in [0.1, 0.15) is 6.92 Å². The summed E-state index contributed by atoms with van der Waals surface area (Å²) in [4.78, 5) is 24.1. The number of aliphatic carboxylic acids is 1. The van der Waals surface area contributed by atoms with Crippen LogP contribution in [0.2, 0.25) is 0 Å². The number of carboxylic acid groups (broad SMARTS) is 1. The lowest BCUT2D eigenvalue weighted by atomic mass is 10.5. The van der Waals surface area contributed by atoms with Crippen molar-refractivity contribution in [3.63, 3.8) is 0 Å². The Bertz CT molecular complexity index is 179. The molecule has 1 N–H and O–H groups in total. The van der Waals surface area contributed by atoms with Crippen molar-refractivity contribution in [1.82, 2.24) is 9.80 Å². The van der Waals surface area contributed by atoms with Gasteiger partial charge in [0.1, 0.15) is 6.54 Å². The molecular weight excluding hydrogens is 160 g/mol. The number of rotatable bonds is 3. The van der Waals surface area contributed by atoms with Crippen molar-refractivity contribution in [2.24, 2.45) is 0 Å². The molecule has 0 radical (unpaired) electrons. The monoisotopic (exact) mass is 174 g/mol. The van der Waals surface area contributed by atoms with E-state index < -0.39 is 5.97 Å². The Hall–Kier alpha value is -1.26. The van der Waals surface area contributed by atoms with E-state index in [9.17, 15) is 9.59 Å². The topological polar surface area (TPSA) is 60.9 Å². The first-order valence-corrected chi connectivity index (χ1v) is 3.67. The van der Waals surface area contributed by atoms with Crippen LogP contribution in [0, 0.1) is 0 Å². The van der Waals surface area contributed by atoms with Gasteiger partial charge in [0.05, 0.1) is 0 Å². The summed E-state index contributed by atoms with van der Waals surface area (Å²) < 4.78 is 0. The van der Waals surface area contributed by atoms with E-state index in [1.165, 1.54) is 9.80 Å². The average molecular weight is 174 g/mol. The second-order valence-corrected chi connectivity index (χ2v) is 2.58. The molecule has 0 rings (SSSR count). The molecule has 0 aromatic heterocycles. The Labute approximate surface area is 71.6 Å². The summed E-state index contributed by atoms with van der Waals surface area (Å²) >= 11 is 0. The van der Waals surface area contributed by atoms with Crippen molar-refractivity contribution in [2.75, 3.05) is 27.2 Å². The zero-order valence-electron chi connectivity index (χ0n) is 7.57. The first-order valence-electron chi connectivity index (χ1n) is 3.67. The number of urea groups is 1. The van der Waals surface area contributed by atoms with Gasteiger partial charge in [0.25, 0.3) is 0 Å². The maximum atomic E-state index is 11.2. The van der Waals surface area contributed by atoms with Gasteiger partial charge in [0.15, 0.2) is 0 Å². The minimum Gasteiger partial charge on any atom is -0.480 e. The van der Waals surface area contributed by atoms with E-state index in [2.05, 4.69) is 0 Å². The number of hydrogen-bond acceptors (Lipinski definition) is 2. The largest absolute Gasteiger partial charge is 0.480 e. The van der Waals surface area contributed by atoms with Gasteiger partial charge in [-0.05, 0) is 6.92 Å². The Morgan fingerprint density at radius 3 is 2.08 bits per heavy atom. The van der Waals surface area contributed by atoms with Crippen molar-refractivity contribution in [2.45, 2.75) is 6.92 Å². The molecule has 0 aromatic carbocycles. The summed E-state index contributed by atoms with van der Waals surface area (Å²) in [5.74, 6) is -0.993. The van der Waals surface area contributed by atoms with Crippen LogP contribution in [0.5, 0.6) is 0 Å². The molecule has 5 nitrogen and oxygen atoms in total. The number of amides is 2. The van der Waals surface area contributed by atoms with Gasteiger partial charge in [-0.2, -0.15) is 0 Å². The summed E-state index contributed by atoms with van der Waals surface area (Å²) in [5, 5.41) is 8.43. The van der Waals surface area contributed by atoms with Crippen molar-refractivity contribution in [3.05, 3.63) is 0 Å². The molecule has 0 bridgehead atoms. The average Bonchev–Trinajstić information content (AvgIpc) is 1.98. The van der Waals surface area contributed by atoms with E-state index in [0.717, 1.165) is 0 Å². The normalized spacial score (nSPS) is 9.25. The van der Waals surface area contributed by atoms with E-state index in [1.54, 1.807) is 21.0 Å². The van der Waals surface area contributed by atoms with E-state index >= 15 is 0 Å². The summed E-state index contributed by atoms with van der Waals surface area (Å²) in [7, 11) is 3.18. The maximum Gasteiger partial charge on any atom is 0.323 e. The van der Waals surface area contributed by atoms with Crippen LogP contribution >= 0.6 is 0 Å². The molecule has 0 unspecified atom stereocenters. The highest BCUT2D eigenvalue weighted by molar-refractivity contribution is 5.79. The quantitative estimate of drug-likeness (QED) is 0.658. The van der Waals surface area contributed by atoms with Gasteiger partial charge >= 0.3 is 12.0 Å². The second-order valence-electron chi connectivity index (χ2n) is 2.58. The molecule has 0 spiro atoms. The SMILES string of the molecule is CCN(CC(=O)O)C(=O)N(C)C. The highest BCUT2D eigenvalue weighted by atomic mass is 16.4. The summed E-state index contributed by atoms with van der Waals surface area (Å²) in [6.45, 7) is 1.90. The van der Waals surface area contributed by atoms with Crippen LogP contribution in [0.4, 0.5) is 4.79 Å². The van der Waals surface area contributed by atoms with Crippen LogP contribution in [-0.4, -0.2) is 54.1 Å². The number of likely N-dealkylation sites (N-methyl/N-ethyl adjacent to an activating group) is 1. The Morgan fingerprint density at radius 1 is 1.33 bits per heavy atom. The molecule has 0 aromatic rings. The predicted octanol–water partition coefficient (Wildman–Crippen LogP) is 0.0745. The highest BCUT2D eigenvalue weighted by Gasteiger charge is 2.15.